The normalized spacial score (nSPS) is 26.2. The van der Waals surface area contributed by atoms with Gasteiger partial charge in [-0.05, 0) is 47.5 Å². The van der Waals surface area contributed by atoms with E-state index in [1.165, 1.54) is 12.3 Å². The minimum Gasteiger partial charge on any atom is -0.388 e. The molecule has 0 aliphatic heterocycles. The van der Waals surface area contributed by atoms with Crippen molar-refractivity contribution in [2.24, 2.45) is 5.92 Å². The number of aromatic nitrogens is 1. The zero-order valence-corrected chi connectivity index (χ0v) is 12.9. The molecule has 20 heavy (non-hydrogen) atoms. The Morgan fingerprint density at radius 1 is 1.60 bits per heavy atom. The van der Waals surface area contributed by atoms with Gasteiger partial charge in [0, 0.05) is 23.3 Å². The maximum atomic E-state index is 11.0. The van der Waals surface area contributed by atoms with Gasteiger partial charge in [0.1, 0.15) is 0 Å². The fraction of sp³-hybridized carbons (Fsp3) is 0.615. The van der Waals surface area contributed by atoms with Gasteiger partial charge in [-0.2, -0.15) is 0 Å². The molecule has 2 N–H and O–H groups in total. The standard InChI is InChI=1S/C13H18BrN3O3/c1-9-2-4-13(18,5-3-9)8-16-12-11(17(19)20)6-10(14)7-15-12/h6-7,9,18H,2-5,8H2,1H3,(H,15,16). The smallest absolute Gasteiger partial charge is 0.312 e. The Balaban J connectivity index is 2.05. The molecule has 7 heteroatoms. The van der Waals surface area contributed by atoms with E-state index in [1.54, 1.807) is 0 Å². The molecule has 1 aromatic rings. The van der Waals surface area contributed by atoms with Crippen molar-refractivity contribution < 1.29 is 10.0 Å². The third kappa shape index (κ3) is 3.67. The second-order valence-corrected chi connectivity index (χ2v) is 6.45. The number of hydrogen-bond donors (Lipinski definition) is 2. The van der Waals surface area contributed by atoms with Crippen LogP contribution in [0.1, 0.15) is 32.6 Å². The van der Waals surface area contributed by atoms with Crippen LogP contribution in [-0.2, 0) is 0 Å². The molecule has 1 aliphatic carbocycles. The van der Waals surface area contributed by atoms with Gasteiger partial charge >= 0.3 is 5.69 Å². The molecular formula is C13H18BrN3O3. The van der Waals surface area contributed by atoms with E-state index in [0.717, 1.165) is 12.8 Å². The molecule has 0 bridgehead atoms. The van der Waals surface area contributed by atoms with Crippen molar-refractivity contribution in [1.29, 1.82) is 0 Å². The van der Waals surface area contributed by atoms with Crippen LogP contribution in [0.25, 0.3) is 0 Å². The Bertz CT molecular complexity index is 502. The Morgan fingerprint density at radius 3 is 2.85 bits per heavy atom. The molecule has 0 radical (unpaired) electrons. The summed E-state index contributed by atoms with van der Waals surface area (Å²) in [6.07, 6.45) is 4.89. The lowest BCUT2D eigenvalue weighted by atomic mass is 9.79. The molecule has 0 spiro atoms. The van der Waals surface area contributed by atoms with Gasteiger partial charge < -0.3 is 10.4 Å². The van der Waals surface area contributed by atoms with Crippen LogP contribution in [0.2, 0.25) is 0 Å². The highest BCUT2D eigenvalue weighted by Gasteiger charge is 2.32. The predicted octanol–water partition coefficient (Wildman–Crippen LogP) is 3.11. The van der Waals surface area contributed by atoms with E-state index in [1.807, 2.05) is 0 Å². The van der Waals surface area contributed by atoms with Gasteiger partial charge in [0.25, 0.3) is 0 Å². The van der Waals surface area contributed by atoms with Gasteiger partial charge in [0.2, 0.25) is 5.82 Å². The third-order valence-electron chi connectivity index (χ3n) is 3.82. The van der Waals surface area contributed by atoms with Crippen LogP contribution in [0.5, 0.6) is 0 Å². The number of pyridine rings is 1. The van der Waals surface area contributed by atoms with Crippen LogP contribution < -0.4 is 5.32 Å². The summed E-state index contributed by atoms with van der Waals surface area (Å²) < 4.78 is 0.556. The number of anilines is 1. The highest BCUT2D eigenvalue weighted by molar-refractivity contribution is 9.10. The fourth-order valence-electron chi connectivity index (χ4n) is 2.43. The first-order valence-corrected chi connectivity index (χ1v) is 7.45. The molecule has 2 rings (SSSR count). The summed E-state index contributed by atoms with van der Waals surface area (Å²) in [5.74, 6) is 0.834. The summed E-state index contributed by atoms with van der Waals surface area (Å²) in [5.41, 5.74) is -0.887. The van der Waals surface area contributed by atoms with Gasteiger partial charge in [-0.1, -0.05) is 6.92 Å². The largest absolute Gasteiger partial charge is 0.388 e. The SMILES string of the molecule is CC1CCC(O)(CNc2ncc(Br)cc2[N+](=O)[O-])CC1. The molecule has 110 valence electrons. The second kappa shape index (κ2) is 6.05. The molecule has 0 amide bonds. The molecule has 1 aromatic heterocycles. The summed E-state index contributed by atoms with van der Waals surface area (Å²) in [5, 5.41) is 24.4. The fourth-order valence-corrected chi connectivity index (χ4v) is 2.75. The van der Waals surface area contributed by atoms with Crippen LogP contribution in [0.4, 0.5) is 11.5 Å². The van der Waals surface area contributed by atoms with E-state index < -0.39 is 10.5 Å². The Labute approximate surface area is 125 Å². The molecular weight excluding hydrogens is 326 g/mol. The summed E-state index contributed by atoms with van der Waals surface area (Å²) in [7, 11) is 0. The molecule has 0 atom stereocenters. The monoisotopic (exact) mass is 343 g/mol. The Kier molecular flexibility index (Phi) is 4.59. The lowest BCUT2D eigenvalue weighted by Gasteiger charge is -2.35. The number of aliphatic hydroxyl groups is 1. The van der Waals surface area contributed by atoms with Crippen LogP contribution in [0, 0.1) is 16.0 Å². The van der Waals surface area contributed by atoms with Crippen LogP contribution in [0.15, 0.2) is 16.7 Å². The lowest BCUT2D eigenvalue weighted by Crippen LogP contribution is -2.40. The van der Waals surface area contributed by atoms with E-state index in [2.05, 4.69) is 33.2 Å². The minimum absolute atomic E-state index is 0.0906. The molecule has 1 heterocycles. The summed E-state index contributed by atoms with van der Waals surface area (Å²) in [6, 6.07) is 1.41. The molecule has 0 saturated heterocycles. The topological polar surface area (TPSA) is 88.3 Å². The molecule has 0 unspecified atom stereocenters. The van der Waals surface area contributed by atoms with Crippen molar-refractivity contribution in [3.05, 3.63) is 26.9 Å². The predicted molar refractivity (Wildman–Crippen MR) is 79.7 cm³/mol. The maximum absolute atomic E-state index is 11.0. The van der Waals surface area contributed by atoms with E-state index in [-0.39, 0.29) is 18.1 Å². The van der Waals surface area contributed by atoms with Gasteiger partial charge in [-0.15, -0.1) is 0 Å². The number of nitro groups is 1. The van der Waals surface area contributed by atoms with E-state index in [0.29, 0.717) is 23.2 Å². The van der Waals surface area contributed by atoms with Crippen molar-refractivity contribution in [3.63, 3.8) is 0 Å². The first-order valence-electron chi connectivity index (χ1n) is 6.66. The third-order valence-corrected chi connectivity index (χ3v) is 4.25. The number of hydrogen-bond acceptors (Lipinski definition) is 5. The van der Waals surface area contributed by atoms with Gasteiger partial charge in [-0.25, -0.2) is 4.98 Å². The van der Waals surface area contributed by atoms with Crippen molar-refractivity contribution in [2.45, 2.75) is 38.2 Å². The average molecular weight is 344 g/mol. The van der Waals surface area contributed by atoms with Crippen molar-refractivity contribution in [1.82, 2.24) is 4.98 Å². The number of halogens is 1. The van der Waals surface area contributed by atoms with Crippen molar-refractivity contribution in [3.8, 4) is 0 Å². The summed E-state index contributed by atoms with van der Waals surface area (Å²) in [4.78, 5) is 14.5. The van der Waals surface area contributed by atoms with Gasteiger partial charge in [-0.3, -0.25) is 10.1 Å². The molecule has 6 nitrogen and oxygen atoms in total. The zero-order valence-electron chi connectivity index (χ0n) is 11.3. The second-order valence-electron chi connectivity index (χ2n) is 5.54. The first kappa shape index (κ1) is 15.2. The van der Waals surface area contributed by atoms with Gasteiger partial charge in [0.15, 0.2) is 0 Å². The number of nitrogens with zero attached hydrogens (tertiary/aromatic N) is 2. The molecule has 1 saturated carbocycles. The molecule has 1 aliphatic rings. The average Bonchev–Trinajstić information content (AvgIpc) is 2.41. The van der Waals surface area contributed by atoms with Gasteiger partial charge in [0.05, 0.1) is 10.5 Å². The summed E-state index contributed by atoms with van der Waals surface area (Å²) >= 11 is 3.17. The van der Waals surface area contributed by atoms with E-state index in [4.69, 9.17) is 0 Å². The van der Waals surface area contributed by atoms with E-state index in [9.17, 15) is 15.2 Å². The quantitative estimate of drug-likeness (QED) is 0.647. The highest BCUT2D eigenvalue weighted by Crippen LogP contribution is 2.33. The Hall–Kier alpha value is -1.21. The highest BCUT2D eigenvalue weighted by atomic mass is 79.9. The number of nitrogens with one attached hydrogen (secondary N) is 1. The van der Waals surface area contributed by atoms with Crippen molar-refractivity contribution >= 4 is 27.4 Å². The first-order chi connectivity index (χ1) is 9.39. The lowest BCUT2D eigenvalue weighted by molar-refractivity contribution is -0.384. The van der Waals surface area contributed by atoms with E-state index >= 15 is 0 Å². The van der Waals surface area contributed by atoms with Crippen LogP contribution in [0.3, 0.4) is 0 Å². The summed E-state index contributed by atoms with van der Waals surface area (Å²) in [6.45, 7) is 2.46. The molecule has 1 fully saturated rings. The molecule has 0 aromatic carbocycles. The maximum Gasteiger partial charge on any atom is 0.312 e. The Morgan fingerprint density at radius 2 is 2.25 bits per heavy atom. The van der Waals surface area contributed by atoms with Crippen LogP contribution >= 0.6 is 15.9 Å². The minimum atomic E-state index is -0.796. The van der Waals surface area contributed by atoms with Crippen LogP contribution in [-0.4, -0.2) is 27.2 Å². The van der Waals surface area contributed by atoms with Crippen molar-refractivity contribution in [2.75, 3.05) is 11.9 Å². The zero-order chi connectivity index (χ0) is 14.8. The number of rotatable bonds is 4.